The molecule has 104 valence electrons. The number of hydrogen-bond donors (Lipinski definition) is 3. The van der Waals surface area contributed by atoms with Crippen molar-refractivity contribution in [3.63, 3.8) is 0 Å². The second-order valence-electron chi connectivity index (χ2n) is 5.78. The summed E-state index contributed by atoms with van der Waals surface area (Å²) in [4.78, 5) is 12.1. The van der Waals surface area contributed by atoms with Gasteiger partial charge in [-0.3, -0.25) is 10.0 Å². The Balaban J connectivity index is 2.04. The number of carbonyl (C=O) groups excluding carboxylic acids is 1. The third kappa shape index (κ3) is 3.23. The molecule has 0 spiro atoms. The van der Waals surface area contributed by atoms with Gasteiger partial charge in [0.25, 0.3) is 0 Å². The summed E-state index contributed by atoms with van der Waals surface area (Å²) >= 11 is 0. The predicted octanol–water partition coefficient (Wildman–Crippen LogP) is 0.690. The molecule has 0 unspecified atom stereocenters. The molecule has 0 saturated heterocycles. The number of nitrogens with two attached hydrogens (primary N) is 1. The monoisotopic (exact) mass is 264 g/mol. The zero-order chi connectivity index (χ0) is 14.0. The van der Waals surface area contributed by atoms with E-state index in [2.05, 4.69) is 5.32 Å². The fourth-order valence-electron chi connectivity index (χ4n) is 2.30. The van der Waals surface area contributed by atoms with E-state index in [4.69, 9.17) is 5.73 Å². The maximum atomic E-state index is 12.1. The number of nitrogens with zero attached hydrogens (tertiary/aromatic N) is 1. The largest absolute Gasteiger partial charge is 0.345 e. The lowest BCUT2D eigenvalue weighted by Crippen LogP contribution is -2.46. The van der Waals surface area contributed by atoms with Crippen LogP contribution in [0.4, 0.5) is 0 Å². The maximum absolute atomic E-state index is 12.1. The molecule has 1 aromatic rings. The SMILES string of the molecule is CC(C)C[C@@H](N)C(=O)NC1(c2ccc[n+](O)c2)CC1. The van der Waals surface area contributed by atoms with Gasteiger partial charge in [0.05, 0.1) is 11.6 Å². The summed E-state index contributed by atoms with van der Waals surface area (Å²) in [5.41, 5.74) is 6.48. The molecule has 0 aliphatic heterocycles. The quantitative estimate of drug-likeness (QED) is 0.541. The van der Waals surface area contributed by atoms with Gasteiger partial charge in [-0.05, 0) is 31.2 Å². The Morgan fingerprint density at radius 1 is 1.58 bits per heavy atom. The third-order valence-electron chi connectivity index (χ3n) is 3.51. The van der Waals surface area contributed by atoms with E-state index in [1.165, 1.54) is 0 Å². The predicted molar refractivity (Wildman–Crippen MR) is 70.3 cm³/mol. The van der Waals surface area contributed by atoms with Crippen LogP contribution in [0.5, 0.6) is 0 Å². The second kappa shape index (κ2) is 5.17. The first-order valence-corrected chi connectivity index (χ1v) is 6.71. The highest BCUT2D eigenvalue weighted by molar-refractivity contribution is 5.82. The molecule has 1 aliphatic rings. The molecule has 0 aromatic carbocycles. The van der Waals surface area contributed by atoms with Gasteiger partial charge < -0.3 is 11.1 Å². The van der Waals surface area contributed by atoms with Crippen molar-refractivity contribution in [3.8, 4) is 0 Å². The zero-order valence-electron chi connectivity index (χ0n) is 11.5. The normalized spacial score (nSPS) is 18.1. The topological polar surface area (TPSA) is 79.2 Å². The van der Waals surface area contributed by atoms with Crippen molar-refractivity contribution in [3.05, 3.63) is 30.1 Å². The Morgan fingerprint density at radius 2 is 2.26 bits per heavy atom. The van der Waals surface area contributed by atoms with Crippen LogP contribution >= 0.6 is 0 Å². The van der Waals surface area contributed by atoms with E-state index in [-0.39, 0.29) is 11.4 Å². The Hall–Kier alpha value is -1.62. The number of aromatic nitrogens is 1. The van der Waals surface area contributed by atoms with Crippen LogP contribution < -0.4 is 15.8 Å². The highest BCUT2D eigenvalue weighted by Crippen LogP contribution is 2.45. The molecule has 1 atom stereocenters. The molecule has 0 radical (unpaired) electrons. The summed E-state index contributed by atoms with van der Waals surface area (Å²) in [6.45, 7) is 4.10. The minimum Gasteiger partial charge on any atom is -0.345 e. The Morgan fingerprint density at radius 3 is 2.79 bits per heavy atom. The van der Waals surface area contributed by atoms with Crippen LogP contribution in [-0.2, 0) is 10.3 Å². The average Bonchev–Trinajstić information content (AvgIpc) is 3.09. The van der Waals surface area contributed by atoms with Crippen LogP contribution in [0.2, 0.25) is 0 Å². The number of pyridine rings is 1. The van der Waals surface area contributed by atoms with E-state index in [1.807, 2.05) is 19.9 Å². The second-order valence-corrected chi connectivity index (χ2v) is 5.78. The van der Waals surface area contributed by atoms with Crippen molar-refractivity contribution in [2.45, 2.75) is 44.7 Å². The third-order valence-corrected chi connectivity index (χ3v) is 3.51. The minimum atomic E-state index is -0.470. The van der Waals surface area contributed by atoms with Gasteiger partial charge in [0.2, 0.25) is 18.3 Å². The fourth-order valence-corrected chi connectivity index (χ4v) is 2.30. The first-order valence-electron chi connectivity index (χ1n) is 6.71. The summed E-state index contributed by atoms with van der Waals surface area (Å²) in [5.74, 6) is 0.284. The Bertz CT molecular complexity index is 470. The number of hydrogen-bond acceptors (Lipinski definition) is 3. The number of amides is 1. The molecule has 4 N–H and O–H groups in total. The molecule has 1 heterocycles. The first-order chi connectivity index (χ1) is 8.93. The lowest BCUT2D eigenvalue weighted by Gasteiger charge is -2.20. The van der Waals surface area contributed by atoms with Gasteiger partial charge in [-0.25, -0.2) is 0 Å². The van der Waals surface area contributed by atoms with Crippen LogP contribution in [0.1, 0.15) is 38.7 Å². The molecule has 1 aromatic heterocycles. The summed E-state index contributed by atoms with van der Waals surface area (Å²) in [6.07, 6.45) is 5.62. The molecule has 1 fully saturated rings. The smallest absolute Gasteiger partial charge is 0.237 e. The number of carbonyl (C=O) groups is 1. The van der Waals surface area contributed by atoms with Gasteiger partial charge >= 0.3 is 0 Å². The van der Waals surface area contributed by atoms with Gasteiger partial charge in [-0.1, -0.05) is 13.8 Å². The maximum Gasteiger partial charge on any atom is 0.237 e. The van der Waals surface area contributed by atoms with Gasteiger partial charge in [0, 0.05) is 16.4 Å². The lowest BCUT2D eigenvalue weighted by molar-refractivity contribution is -0.905. The van der Waals surface area contributed by atoms with Gasteiger partial charge in [-0.2, -0.15) is 0 Å². The van der Waals surface area contributed by atoms with Gasteiger partial charge in [-0.15, -0.1) is 0 Å². The van der Waals surface area contributed by atoms with Crippen LogP contribution in [0.15, 0.2) is 24.5 Å². The summed E-state index contributed by atoms with van der Waals surface area (Å²) in [5, 5.41) is 12.5. The van der Waals surface area contributed by atoms with E-state index < -0.39 is 6.04 Å². The molecular weight excluding hydrogens is 242 g/mol. The summed E-state index contributed by atoms with van der Waals surface area (Å²) in [6, 6.07) is 3.20. The molecule has 2 rings (SSSR count). The molecule has 1 amide bonds. The Kier molecular flexibility index (Phi) is 3.75. The number of nitrogens with one attached hydrogen (secondary N) is 1. The molecule has 1 aliphatic carbocycles. The molecule has 5 nitrogen and oxygen atoms in total. The van der Waals surface area contributed by atoms with Crippen LogP contribution in [0.3, 0.4) is 0 Å². The molecule has 19 heavy (non-hydrogen) atoms. The summed E-state index contributed by atoms with van der Waals surface area (Å²) < 4.78 is 1.01. The molecule has 5 heteroatoms. The standard InChI is InChI=1S/C14H21N3O2/c1-10(2)8-12(15)13(18)16-14(5-6-14)11-4-3-7-17(19)9-11/h3-4,7,9-10,12H,5-6,8,15H2,1-2H3,(H-,16,18,19)/p+1/t12-/m1/s1. The molecule has 0 bridgehead atoms. The van der Waals surface area contributed by atoms with Gasteiger partial charge in [0.15, 0.2) is 0 Å². The lowest BCUT2D eigenvalue weighted by atomic mass is 10.0. The van der Waals surface area contributed by atoms with Crippen molar-refractivity contribution < 1.29 is 14.7 Å². The first kappa shape index (κ1) is 13.8. The molecular formula is C14H22N3O2+. The van der Waals surface area contributed by atoms with E-state index >= 15 is 0 Å². The van der Waals surface area contributed by atoms with E-state index in [9.17, 15) is 10.0 Å². The number of rotatable bonds is 5. The van der Waals surface area contributed by atoms with Crippen LogP contribution in [0, 0.1) is 5.92 Å². The fraction of sp³-hybridized carbons (Fsp3) is 0.571. The van der Waals surface area contributed by atoms with Crippen molar-refractivity contribution in [2.75, 3.05) is 0 Å². The van der Waals surface area contributed by atoms with Crippen molar-refractivity contribution >= 4 is 5.91 Å². The zero-order valence-corrected chi connectivity index (χ0v) is 11.5. The van der Waals surface area contributed by atoms with Gasteiger partial charge in [0.1, 0.15) is 0 Å². The highest BCUT2D eigenvalue weighted by Gasteiger charge is 2.47. The van der Waals surface area contributed by atoms with Crippen molar-refractivity contribution in [2.24, 2.45) is 11.7 Å². The van der Waals surface area contributed by atoms with Crippen LogP contribution in [-0.4, -0.2) is 17.2 Å². The Labute approximate surface area is 113 Å². The van der Waals surface area contributed by atoms with Crippen molar-refractivity contribution in [1.29, 1.82) is 0 Å². The van der Waals surface area contributed by atoms with E-state index in [1.54, 1.807) is 18.5 Å². The minimum absolute atomic E-state index is 0.112. The summed E-state index contributed by atoms with van der Waals surface area (Å²) in [7, 11) is 0. The van der Waals surface area contributed by atoms with Crippen LogP contribution in [0.25, 0.3) is 0 Å². The molecule has 1 saturated carbocycles. The van der Waals surface area contributed by atoms with Crippen molar-refractivity contribution in [1.82, 2.24) is 5.32 Å². The van der Waals surface area contributed by atoms with E-state index in [0.29, 0.717) is 12.3 Å². The van der Waals surface area contributed by atoms with E-state index in [0.717, 1.165) is 23.1 Å². The highest BCUT2D eigenvalue weighted by atomic mass is 16.5. The average molecular weight is 264 g/mol.